The Kier molecular flexibility index (Phi) is 6.19. The van der Waals surface area contributed by atoms with Crippen molar-refractivity contribution >= 4 is 45.2 Å². The average molecular weight is 549 g/mol. The van der Waals surface area contributed by atoms with Crippen LogP contribution in [0.3, 0.4) is 0 Å². The Balaban J connectivity index is 1.29. The highest BCUT2D eigenvalue weighted by molar-refractivity contribution is 6.01. The molecule has 3 aromatic heterocycles. The van der Waals surface area contributed by atoms with Crippen LogP contribution in [0.25, 0.3) is 27.6 Å². The fourth-order valence-electron chi connectivity index (χ4n) is 5.81. The zero-order valence-electron chi connectivity index (χ0n) is 23.2. The van der Waals surface area contributed by atoms with Crippen molar-refractivity contribution in [3.63, 3.8) is 0 Å². The summed E-state index contributed by atoms with van der Waals surface area (Å²) in [5.41, 5.74) is 5.12. The molecule has 2 aliphatic heterocycles. The SMILES string of the molecule is CN(C)CCn1ccc2cc(Nc3ncc4c(=O)n5n(c4n3)-c3ccc4c(c3)N(CCC/C=C\C5)C(=O)C4)ccc21. The largest absolute Gasteiger partial charge is 0.346 e. The number of fused-ring (bicyclic) bond motifs is 6. The molecule has 0 radical (unpaired) electrons. The van der Waals surface area contributed by atoms with Gasteiger partial charge in [-0.3, -0.25) is 9.59 Å². The smallest absolute Gasteiger partial charge is 0.278 e. The number of nitrogens with one attached hydrogen (secondary N) is 1. The van der Waals surface area contributed by atoms with Gasteiger partial charge in [0.2, 0.25) is 11.9 Å². The number of allylic oxidation sites excluding steroid dienone is 2. The summed E-state index contributed by atoms with van der Waals surface area (Å²) in [5, 5.41) is 4.91. The van der Waals surface area contributed by atoms with E-state index in [-0.39, 0.29) is 11.5 Å². The van der Waals surface area contributed by atoms with Gasteiger partial charge < -0.3 is 19.7 Å². The Morgan fingerprint density at radius 3 is 2.83 bits per heavy atom. The van der Waals surface area contributed by atoms with Crippen molar-refractivity contribution in [1.82, 2.24) is 28.8 Å². The van der Waals surface area contributed by atoms with E-state index < -0.39 is 0 Å². The van der Waals surface area contributed by atoms with Crippen LogP contribution in [0.4, 0.5) is 17.3 Å². The first-order valence-electron chi connectivity index (χ1n) is 14.0. The number of carbonyl (C=O) groups excluding carboxylic acids is 1. The highest BCUT2D eigenvalue weighted by atomic mass is 16.2. The summed E-state index contributed by atoms with van der Waals surface area (Å²) in [6, 6.07) is 14.3. The minimum Gasteiger partial charge on any atom is -0.346 e. The topological polar surface area (TPSA) is 93.2 Å². The minimum absolute atomic E-state index is 0.117. The molecular formula is C31H32N8O2. The van der Waals surface area contributed by atoms with Gasteiger partial charge in [-0.15, -0.1) is 0 Å². The van der Waals surface area contributed by atoms with E-state index in [0.717, 1.165) is 53.9 Å². The Morgan fingerprint density at radius 1 is 1.05 bits per heavy atom. The van der Waals surface area contributed by atoms with Crippen molar-refractivity contribution in [2.75, 3.05) is 37.4 Å². The van der Waals surface area contributed by atoms with Crippen LogP contribution in [-0.2, 0) is 24.3 Å². The van der Waals surface area contributed by atoms with Gasteiger partial charge in [-0.25, -0.2) is 14.3 Å². The number of aromatic nitrogens is 5. The standard InChI is InChI=1S/C31H32N8O2/c1-35(2)15-16-36-14-11-22-17-23(8-10-26(22)36)33-31-32-20-25-29(34-31)39-24-9-7-21-18-28(40)37(27(21)19-24)12-5-3-4-6-13-38(39)30(25)41/h4,6-11,14,17,19-20H,3,5,12-13,15-16,18H2,1-2H3,(H,32,33,34)/b6-4-. The molecular weight excluding hydrogens is 516 g/mol. The summed E-state index contributed by atoms with van der Waals surface area (Å²) in [6.07, 6.45) is 9.91. The number of benzene rings is 2. The molecule has 0 aliphatic carbocycles. The first-order valence-corrected chi connectivity index (χ1v) is 14.0. The van der Waals surface area contributed by atoms with Crippen LogP contribution < -0.4 is 15.8 Å². The third-order valence-corrected chi connectivity index (χ3v) is 7.94. The van der Waals surface area contributed by atoms with E-state index in [0.29, 0.717) is 36.5 Å². The van der Waals surface area contributed by atoms with Gasteiger partial charge in [-0.2, -0.15) is 4.98 Å². The van der Waals surface area contributed by atoms with Gasteiger partial charge in [0.25, 0.3) is 5.56 Å². The molecule has 10 nitrogen and oxygen atoms in total. The lowest BCUT2D eigenvalue weighted by Crippen LogP contribution is -2.28. The molecule has 41 heavy (non-hydrogen) atoms. The predicted molar refractivity (Wildman–Crippen MR) is 161 cm³/mol. The third-order valence-electron chi connectivity index (χ3n) is 7.94. The zero-order chi connectivity index (χ0) is 28.1. The van der Waals surface area contributed by atoms with Crippen LogP contribution in [0, 0.1) is 0 Å². The summed E-state index contributed by atoms with van der Waals surface area (Å²) < 4.78 is 5.79. The van der Waals surface area contributed by atoms with E-state index in [2.05, 4.69) is 64.3 Å². The lowest BCUT2D eigenvalue weighted by atomic mass is 10.1. The number of rotatable bonds is 5. The molecule has 0 unspecified atom stereocenters. The van der Waals surface area contributed by atoms with Gasteiger partial charge in [0.05, 0.1) is 18.7 Å². The van der Waals surface area contributed by atoms with Gasteiger partial charge in [0, 0.05) is 54.3 Å². The Morgan fingerprint density at radius 2 is 1.95 bits per heavy atom. The van der Waals surface area contributed by atoms with Gasteiger partial charge in [0.15, 0.2) is 5.65 Å². The quantitative estimate of drug-likeness (QED) is 0.333. The molecule has 2 aliphatic rings. The van der Waals surface area contributed by atoms with Gasteiger partial charge >= 0.3 is 0 Å². The Bertz CT molecular complexity index is 1890. The van der Waals surface area contributed by atoms with Crippen LogP contribution in [0.15, 0.2) is 71.8 Å². The van der Waals surface area contributed by atoms with Crippen LogP contribution in [0.1, 0.15) is 18.4 Å². The summed E-state index contributed by atoms with van der Waals surface area (Å²) in [7, 11) is 4.15. The summed E-state index contributed by atoms with van der Waals surface area (Å²) in [6.45, 7) is 2.98. The second-order valence-corrected chi connectivity index (χ2v) is 11.0. The highest BCUT2D eigenvalue weighted by Gasteiger charge is 2.28. The van der Waals surface area contributed by atoms with E-state index >= 15 is 0 Å². The first-order chi connectivity index (χ1) is 20.0. The molecule has 1 amide bonds. The third kappa shape index (κ3) is 4.50. The molecule has 0 fully saturated rings. The molecule has 5 heterocycles. The van der Waals surface area contributed by atoms with Crippen LogP contribution in [0.2, 0.25) is 0 Å². The lowest BCUT2D eigenvalue weighted by Gasteiger charge is -2.19. The highest BCUT2D eigenvalue weighted by Crippen LogP contribution is 2.32. The zero-order valence-corrected chi connectivity index (χ0v) is 23.2. The van der Waals surface area contributed by atoms with E-state index in [9.17, 15) is 9.59 Å². The van der Waals surface area contributed by atoms with Crippen molar-refractivity contribution in [2.24, 2.45) is 0 Å². The maximum atomic E-state index is 13.5. The van der Waals surface area contributed by atoms with Crippen molar-refractivity contribution in [2.45, 2.75) is 32.4 Å². The molecule has 208 valence electrons. The maximum absolute atomic E-state index is 13.5. The van der Waals surface area contributed by atoms with Crippen molar-refractivity contribution < 1.29 is 4.79 Å². The van der Waals surface area contributed by atoms with E-state index in [1.807, 2.05) is 39.9 Å². The van der Waals surface area contributed by atoms with Gasteiger partial charge in [-0.1, -0.05) is 18.2 Å². The molecule has 1 N–H and O–H groups in total. The molecule has 0 saturated heterocycles. The fourth-order valence-corrected chi connectivity index (χ4v) is 5.81. The fraction of sp³-hybridized carbons (Fsp3) is 0.290. The Labute approximate surface area is 237 Å². The van der Waals surface area contributed by atoms with Gasteiger partial charge in [-0.05, 0) is 68.9 Å². The first kappa shape index (κ1) is 25.3. The summed E-state index contributed by atoms with van der Waals surface area (Å²) in [4.78, 5) is 39.7. The van der Waals surface area contributed by atoms with Gasteiger partial charge in [0.1, 0.15) is 5.39 Å². The number of nitrogens with zero attached hydrogens (tertiary/aromatic N) is 7. The van der Waals surface area contributed by atoms with E-state index in [4.69, 9.17) is 4.98 Å². The summed E-state index contributed by atoms with van der Waals surface area (Å²) >= 11 is 0. The number of anilines is 3. The molecule has 2 bridgehead atoms. The second-order valence-electron chi connectivity index (χ2n) is 11.0. The van der Waals surface area contributed by atoms with Crippen molar-refractivity contribution in [1.29, 1.82) is 0 Å². The number of carbonyl (C=O) groups is 1. The number of likely N-dealkylation sites (N-methyl/N-ethyl adjacent to an activating group) is 1. The molecule has 0 spiro atoms. The minimum atomic E-state index is -0.151. The molecule has 0 atom stereocenters. The Hall–Kier alpha value is -4.70. The van der Waals surface area contributed by atoms with Crippen molar-refractivity contribution in [3.8, 4) is 5.69 Å². The van der Waals surface area contributed by atoms with Crippen LogP contribution in [-0.4, -0.2) is 61.9 Å². The monoisotopic (exact) mass is 548 g/mol. The molecule has 5 aromatic rings. The number of amides is 1. The lowest BCUT2D eigenvalue weighted by molar-refractivity contribution is -0.117. The molecule has 0 saturated carbocycles. The van der Waals surface area contributed by atoms with Crippen LogP contribution in [0.5, 0.6) is 0 Å². The van der Waals surface area contributed by atoms with E-state index in [1.165, 1.54) is 5.52 Å². The normalized spacial score (nSPS) is 15.8. The summed E-state index contributed by atoms with van der Waals surface area (Å²) in [5.74, 6) is 0.524. The van der Waals surface area contributed by atoms with Crippen molar-refractivity contribution in [3.05, 3.63) is 82.9 Å². The maximum Gasteiger partial charge on any atom is 0.278 e. The van der Waals surface area contributed by atoms with Crippen LogP contribution >= 0.6 is 0 Å². The number of hydrogen-bond acceptors (Lipinski definition) is 6. The van der Waals surface area contributed by atoms with E-state index in [1.54, 1.807) is 10.9 Å². The predicted octanol–water partition coefficient (Wildman–Crippen LogP) is 4.08. The molecule has 7 rings (SSSR count). The second kappa shape index (κ2) is 10.0. The number of hydrogen-bond donors (Lipinski definition) is 1. The molecule has 10 heteroatoms. The average Bonchev–Trinajstić information content (AvgIpc) is 3.59. The molecule has 2 aromatic carbocycles.